The van der Waals surface area contributed by atoms with Crippen molar-refractivity contribution in [3.05, 3.63) is 71.3 Å². The largest absolute Gasteiger partial charge is 0.507 e. The normalized spacial score (nSPS) is 15.2. The summed E-state index contributed by atoms with van der Waals surface area (Å²) in [6, 6.07) is 10.8. The van der Waals surface area contributed by atoms with Gasteiger partial charge in [0.05, 0.1) is 41.3 Å². The van der Waals surface area contributed by atoms with Crippen LogP contribution in [0.15, 0.2) is 48.8 Å². The number of amides is 2. The summed E-state index contributed by atoms with van der Waals surface area (Å²) < 4.78 is 7.53. The maximum atomic E-state index is 13.9. The number of halogens is 1. The molecule has 45 heavy (non-hydrogen) atoms. The highest BCUT2D eigenvalue weighted by Crippen LogP contribution is 2.46. The number of nitrogens with zero attached hydrogens (tertiary/aromatic N) is 5. The zero-order valence-electron chi connectivity index (χ0n) is 26.1. The van der Waals surface area contributed by atoms with E-state index < -0.39 is 11.4 Å². The molecule has 0 bridgehead atoms. The van der Waals surface area contributed by atoms with E-state index in [1.54, 1.807) is 40.2 Å². The lowest BCUT2D eigenvalue weighted by atomic mass is 9.92. The van der Waals surface area contributed by atoms with Gasteiger partial charge in [0.25, 0.3) is 11.8 Å². The van der Waals surface area contributed by atoms with Gasteiger partial charge in [-0.25, -0.2) is 9.67 Å². The van der Waals surface area contributed by atoms with E-state index in [0.29, 0.717) is 47.1 Å². The van der Waals surface area contributed by atoms with E-state index in [1.807, 2.05) is 59.7 Å². The van der Waals surface area contributed by atoms with Gasteiger partial charge in [0.2, 0.25) is 0 Å². The fraction of sp³-hybridized carbons (Fsp3) is 0.364. The van der Waals surface area contributed by atoms with Crippen molar-refractivity contribution in [2.45, 2.75) is 58.6 Å². The van der Waals surface area contributed by atoms with Gasteiger partial charge in [-0.2, -0.15) is 0 Å². The minimum absolute atomic E-state index is 0.0859. The molecule has 5 aromatic rings. The Morgan fingerprint density at radius 2 is 1.96 bits per heavy atom. The summed E-state index contributed by atoms with van der Waals surface area (Å²) in [5, 5.41) is 24.2. The molecule has 6 rings (SSSR count). The molecule has 3 aromatic heterocycles. The average molecular weight is 630 g/mol. The van der Waals surface area contributed by atoms with E-state index in [-0.39, 0.29) is 28.9 Å². The van der Waals surface area contributed by atoms with Gasteiger partial charge in [0.1, 0.15) is 17.3 Å². The first-order chi connectivity index (χ1) is 21.3. The van der Waals surface area contributed by atoms with Gasteiger partial charge in [-0.3, -0.25) is 9.59 Å². The number of benzene rings is 2. The minimum atomic E-state index is -0.520. The van der Waals surface area contributed by atoms with E-state index in [4.69, 9.17) is 16.3 Å². The number of fused-ring (bicyclic) bond motifs is 4. The molecule has 0 unspecified atom stereocenters. The van der Waals surface area contributed by atoms with Crippen molar-refractivity contribution in [3.63, 3.8) is 0 Å². The van der Waals surface area contributed by atoms with Gasteiger partial charge in [-0.1, -0.05) is 23.4 Å². The topological polar surface area (TPSA) is 138 Å². The fourth-order valence-corrected chi connectivity index (χ4v) is 5.93. The maximum absolute atomic E-state index is 13.9. The third-order valence-electron chi connectivity index (χ3n) is 8.08. The molecule has 4 heterocycles. The first-order valence-electron chi connectivity index (χ1n) is 14.8. The summed E-state index contributed by atoms with van der Waals surface area (Å²) in [6.45, 7) is 12.6. The van der Waals surface area contributed by atoms with E-state index in [9.17, 15) is 14.7 Å². The van der Waals surface area contributed by atoms with Crippen LogP contribution in [-0.2, 0) is 10.3 Å². The van der Waals surface area contributed by atoms with E-state index in [2.05, 4.69) is 25.6 Å². The van der Waals surface area contributed by atoms with Crippen molar-refractivity contribution in [2.24, 2.45) is 0 Å². The van der Waals surface area contributed by atoms with Crippen LogP contribution in [0.25, 0.3) is 21.7 Å². The van der Waals surface area contributed by atoms with E-state index in [0.717, 1.165) is 21.9 Å². The minimum Gasteiger partial charge on any atom is -0.507 e. The van der Waals surface area contributed by atoms with Crippen LogP contribution in [0.4, 0.5) is 11.5 Å². The number of anilines is 2. The molecule has 12 heteroatoms. The van der Waals surface area contributed by atoms with Gasteiger partial charge in [0.15, 0.2) is 5.69 Å². The molecule has 1 aliphatic heterocycles. The third-order valence-corrected chi connectivity index (χ3v) is 8.46. The molecule has 1 atom stereocenters. The number of ether oxygens (including phenoxy) is 1. The molecule has 0 fully saturated rings. The number of carbonyl (C=O) groups is 2. The van der Waals surface area contributed by atoms with E-state index >= 15 is 0 Å². The zero-order valence-corrected chi connectivity index (χ0v) is 26.9. The molecule has 11 nitrogen and oxygen atoms in total. The van der Waals surface area contributed by atoms with Crippen LogP contribution in [0.3, 0.4) is 0 Å². The smallest absolute Gasteiger partial charge is 0.278 e. The fourth-order valence-electron chi connectivity index (χ4n) is 5.68. The zero-order chi connectivity index (χ0) is 32.3. The monoisotopic (exact) mass is 629 g/mol. The molecule has 0 spiro atoms. The molecule has 0 radical (unpaired) electrons. The van der Waals surface area contributed by atoms with Gasteiger partial charge < -0.3 is 25.0 Å². The highest BCUT2D eigenvalue weighted by molar-refractivity contribution is 6.19. The Hall–Kier alpha value is -4.48. The number of aromatic hydroxyl groups is 1. The summed E-state index contributed by atoms with van der Waals surface area (Å²) in [6.07, 6.45) is 3.14. The van der Waals surface area contributed by atoms with Crippen LogP contribution >= 0.6 is 11.6 Å². The lowest BCUT2D eigenvalue weighted by Gasteiger charge is -2.29. The van der Waals surface area contributed by atoms with Crippen LogP contribution in [-0.4, -0.2) is 66.5 Å². The van der Waals surface area contributed by atoms with Crippen LogP contribution in [0.1, 0.15) is 72.6 Å². The number of aromatic amines is 1. The Kier molecular flexibility index (Phi) is 7.57. The maximum Gasteiger partial charge on any atom is 0.278 e. The number of hydrogen-bond acceptors (Lipinski definition) is 7. The van der Waals surface area contributed by atoms with Crippen molar-refractivity contribution in [1.82, 2.24) is 25.0 Å². The lowest BCUT2D eigenvalue weighted by molar-refractivity contribution is -0.0420. The van der Waals surface area contributed by atoms with Crippen LogP contribution < -0.4 is 10.2 Å². The number of nitrogens with one attached hydrogen (secondary N) is 2. The first kappa shape index (κ1) is 30.5. The first-order valence-corrected chi connectivity index (χ1v) is 15.3. The predicted molar refractivity (Wildman–Crippen MR) is 175 cm³/mol. The number of hydrogen-bond donors (Lipinski definition) is 3. The molecule has 0 saturated heterocycles. The third kappa shape index (κ3) is 5.73. The molecule has 3 N–H and O–H groups in total. The molecular formula is C33H36ClN7O4. The summed E-state index contributed by atoms with van der Waals surface area (Å²) in [5.74, 6) is -0.0550. The second-order valence-electron chi connectivity index (χ2n) is 13.1. The van der Waals surface area contributed by atoms with Gasteiger partial charge in [0, 0.05) is 35.2 Å². The number of rotatable bonds is 7. The van der Waals surface area contributed by atoms with Crippen molar-refractivity contribution >= 4 is 56.6 Å². The highest BCUT2D eigenvalue weighted by atomic mass is 35.5. The SMILES string of the molecule is Cc1cccc2c(O)cc3c(c12)[C@H](CCl)CN3C(=O)c1cc2cc(NC(=O)c3cn(C(C)(C)COC(C)(C)C)nn3)ncc2[nH]1. The van der Waals surface area contributed by atoms with Crippen LogP contribution in [0.2, 0.25) is 0 Å². The van der Waals surface area contributed by atoms with Crippen molar-refractivity contribution in [1.29, 1.82) is 0 Å². The summed E-state index contributed by atoms with van der Waals surface area (Å²) in [4.78, 5) is 36.0. The number of carbonyl (C=O) groups excluding carboxylic acids is 2. The molecule has 2 aromatic carbocycles. The number of H-pyrrole nitrogens is 1. The molecule has 1 aliphatic rings. The van der Waals surface area contributed by atoms with Gasteiger partial charge in [-0.15, -0.1) is 16.7 Å². The summed E-state index contributed by atoms with van der Waals surface area (Å²) >= 11 is 6.40. The van der Waals surface area contributed by atoms with Crippen LogP contribution in [0, 0.1) is 6.92 Å². The van der Waals surface area contributed by atoms with E-state index in [1.165, 1.54) is 0 Å². The quantitative estimate of drug-likeness (QED) is 0.185. The van der Waals surface area contributed by atoms with Crippen molar-refractivity contribution < 1.29 is 19.4 Å². The Labute approximate surface area is 265 Å². The molecule has 234 valence electrons. The number of phenols is 1. The lowest BCUT2D eigenvalue weighted by Crippen LogP contribution is -2.36. The van der Waals surface area contributed by atoms with Gasteiger partial charge in [-0.05, 0) is 70.2 Å². The standard InChI is InChI=1S/C33H36ClN7O4/c1-18-8-7-9-21-26(42)12-25-29(28(18)21)20(13-34)15-40(25)31(44)22-10-19-11-27(35-14-23(19)36-22)37-30(43)24-16-41(39-38-24)33(5,6)17-45-32(2,3)4/h7-12,14,16,20,36,42H,13,15,17H2,1-6H3,(H,35,37,43)/t20-/m1/s1. The number of aromatic nitrogens is 5. The Morgan fingerprint density at radius 3 is 2.69 bits per heavy atom. The molecule has 0 aliphatic carbocycles. The van der Waals surface area contributed by atoms with Gasteiger partial charge >= 0.3 is 0 Å². The second kappa shape index (κ2) is 11.1. The highest BCUT2D eigenvalue weighted by Gasteiger charge is 2.36. The predicted octanol–water partition coefficient (Wildman–Crippen LogP) is 6.11. The summed E-state index contributed by atoms with van der Waals surface area (Å²) in [7, 11) is 0. The van der Waals surface area contributed by atoms with Crippen molar-refractivity contribution in [3.8, 4) is 5.75 Å². The molecule has 2 amide bonds. The number of alkyl halides is 1. The summed E-state index contributed by atoms with van der Waals surface area (Å²) in [5.41, 5.74) is 2.92. The Balaban J connectivity index is 1.22. The Bertz CT molecular complexity index is 1960. The average Bonchev–Trinajstić information content (AvgIpc) is 3.73. The van der Waals surface area contributed by atoms with Crippen molar-refractivity contribution in [2.75, 3.05) is 29.2 Å². The molecular weight excluding hydrogens is 594 g/mol. The number of phenolic OH excluding ortho intramolecular Hbond substituents is 1. The number of aryl methyl sites for hydroxylation is 1. The number of pyridine rings is 1. The van der Waals surface area contributed by atoms with Crippen LogP contribution in [0.5, 0.6) is 5.75 Å². The Morgan fingerprint density at radius 1 is 1.18 bits per heavy atom. The molecule has 0 saturated carbocycles. The second-order valence-corrected chi connectivity index (χ2v) is 13.5.